The second-order valence-electron chi connectivity index (χ2n) is 8.04. The summed E-state index contributed by atoms with van der Waals surface area (Å²) in [5.74, 6) is -4.11. The maximum absolute atomic E-state index is 12.7. The van der Waals surface area contributed by atoms with Crippen LogP contribution in [0.5, 0.6) is 5.75 Å². The van der Waals surface area contributed by atoms with Gasteiger partial charge in [-0.1, -0.05) is 30.3 Å². The zero-order valence-corrected chi connectivity index (χ0v) is 18.6. The number of carboxylic acid groups (broad SMARTS) is 1. The highest BCUT2D eigenvalue weighted by Crippen LogP contribution is 2.22. The van der Waals surface area contributed by atoms with Crippen LogP contribution < -0.4 is 10.1 Å². The fraction of sp³-hybridized carbons (Fsp3) is 0.292. The number of aliphatic carboxylic acids is 1. The van der Waals surface area contributed by atoms with Gasteiger partial charge in [-0.2, -0.15) is 5.10 Å². The van der Waals surface area contributed by atoms with Crippen LogP contribution in [0.4, 0.5) is 0 Å². The highest BCUT2D eigenvalue weighted by Gasteiger charge is 2.40. The van der Waals surface area contributed by atoms with Crippen LogP contribution in [-0.4, -0.2) is 56.4 Å². The first-order valence-electron chi connectivity index (χ1n) is 10.8. The smallest absolute Gasteiger partial charge is 0.322 e. The first kappa shape index (κ1) is 23.0. The molecule has 176 valence electrons. The van der Waals surface area contributed by atoms with E-state index in [1.165, 1.54) is 4.90 Å². The SMILES string of the molecule is Cn1nc2ccccc2c1COc1ccc(CN2CCC(=O)C(C(=O)NCC(=O)O)C2=O)cc1. The maximum Gasteiger partial charge on any atom is 0.322 e. The molecule has 2 heterocycles. The van der Waals surface area contributed by atoms with Gasteiger partial charge in [0.1, 0.15) is 18.9 Å². The van der Waals surface area contributed by atoms with E-state index in [4.69, 9.17) is 9.84 Å². The van der Waals surface area contributed by atoms with Crippen LogP contribution in [0.1, 0.15) is 17.7 Å². The Labute approximate surface area is 195 Å². The second kappa shape index (κ2) is 9.74. The van der Waals surface area contributed by atoms with Crippen LogP contribution in [0, 0.1) is 5.92 Å². The Morgan fingerprint density at radius 2 is 1.88 bits per heavy atom. The third-order valence-corrected chi connectivity index (χ3v) is 5.72. The molecule has 1 aliphatic rings. The number of nitrogens with one attached hydrogen (secondary N) is 1. The third-order valence-electron chi connectivity index (χ3n) is 5.72. The van der Waals surface area contributed by atoms with E-state index in [1.807, 2.05) is 43.4 Å². The number of nitrogens with zero attached hydrogens (tertiary/aromatic N) is 3. The van der Waals surface area contributed by atoms with Crippen molar-refractivity contribution in [3.63, 3.8) is 0 Å². The Bertz CT molecular complexity index is 1250. The second-order valence-corrected chi connectivity index (χ2v) is 8.04. The molecule has 1 atom stereocenters. The zero-order chi connectivity index (χ0) is 24.2. The molecule has 1 unspecified atom stereocenters. The van der Waals surface area contributed by atoms with Crippen molar-refractivity contribution in [2.75, 3.05) is 13.1 Å². The fourth-order valence-corrected chi connectivity index (χ4v) is 3.94. The van der Waals surface area contributed by atoms with Gasteiger partial charge in [-0.3, -0.25) is 23.9 Å². The average Bonchev–Trinajstić information content (AvgIpc) is 3.14. The highest BCUT2D eigenvalue weighted by molar-refractivity contribution is 6.19. The van der Waals surface area contributed by atoms with Gasteiger partial charge in [-0.15, -0.1) is 0 Å². The van der Waals surface area contributed by atoms with E-state index in [2.05, 4.69) is 10.4 Å². The van der Waals surface area contributed by atoms with E-state index >= 15 is 0 Å². The molecular formula is C24H24N4O6. The number of carbonyl (C=O) groups is 4. The number of carbonyl (C=O) groups excluding carboxylic acids is 3. The van der Waals surface area contributed by atoms with Gasteiger partial charge < -0.3 is 20.1 Å². The number of rotatable bonds is 8. The standard InChI is InChI=1S/C24H24N4O6/c1-27-19(17-4-2-3-5-18(17)26-27)14-34-16-8-6-15(7-9-16)13-28-11-10-20(29)22(24(28)33)23(32)25-12-21(30)31/h2-9,22H,10-14H2,1H3,(H,25,32)(H,30,31). The Morgan fingerprint density at radius 1 is 1.15 bits per heavy atom. The molecule has 10 nitrogen and oxygen atoms in total. The number of carboxylic acids is 1. The number of ketones is 1. The van der Waals surface area contributed by atoms with Crippen molar-refractivity contribution < 1.29 is 29.0 Å². The molecule has 1 aliphatic heterocycles. The minimum absolute atomic E-state index is 0.0384. The normalized spacial score (nSPS) is 16.0. The van der Waals surface area contributed by atoms with E-state index < -0.39 is 36.0 Å². The molecule has 2 amide bonds. The summed E-state index contributed by atoms with van der Waals surface area (Å²) in [4.78, 5) is 49.1. The Morgan fingerprint density at radius 3 is 2.62 bits per heavy atom. The fourth-order valence-electron chi connectivity index (χ4n) is 3.94. The van der Waals surface area contributed by atoms with Gasteiger partial charge in [-0.05, 0) is 23.8 Å². The molecule has 3 aromatic rings. The van der Waals surface area contributed by atoms with Crippen LogP contribution in [-0.2, 0) is 39.4 Å². The lowest BCUT2D eigenvalue weighted by Crippen LogP contribution is -2.52. The lowest BCUT2D eigenvalue weighted by molar-refractivity contribution is -0.152. The van der Waals surface area contributed by atoms with Crippen LogP contribution in [0.2, 0.25) is 0 Å². The molecule has 0 aliphatic carbocycles. The number of likely N-dealkylation sites (tertiary alicyclic amines) is 1. The number of aryl methyl sites for hydroxylation is 1. The predicted octanol–water partition coefficient (Wildman–Crippen LogP) is 1.27. The van der Waals surface area contributed by atoms with Crippen molar-refractivity contribution in [1.82, 2.24) is 20.0 Å². The molecule has 0 spiro atoms. The molecule has 1 saturated heterocycles. The van der Waals surface area contributed by atoms with E-state index in [1.54, 1.807) is 16.8 Å². The molecule has 1 aromatic heterocycles. The third kappa shape index (κ3) is 4.90. The van der Waals surface area contributed by atoms with Crippen LogP contribution in [0.25, 0.3) is 10.9 Å². The summed E-state index contributed by atoms with van der Waals surface area (Å²) in [6.07, 6.45) is 0.0384. The molecule has 0 radical (unpaired) electrons. The molecule has 10 heteroatoms. The number of hydrogen-bond donors (Lipinski definition) is 2. The highest BCUT2D eigenvalue weighted by atomic mass is 16.5. The lowest BCUT2D eigenvalue weighted by Gasteiger charge is -2.30. The molecule has 34 heavy (non-hydrogen) atoms. The van der Waals surface area contributed by atoms with E-state index in [0.717, 1.165) is 22.2 Å². The summed E-state index contributed by atoms with van der Waals surface area (Å²) in [5.41, 5.74) is 2.67. The zero-order valence-electron chi connectivity index (χ0n) is 18.6. The number of amides is 2. The average molecular weight is 464 g/mol. The van der Waals surface area contributed by atoms with Crippen molar-refractivity contribution in [2.24, 2.45) is 13.0 Å². The molecule has 1 fully saturated rings. The van der Waals surface area contributed by atoms with Gasteiger partial charge in [0.05, 0.1) is 11.2 Å². The van der Waals surface area contributed by atoms with Crippen molar-refractivity contribution in [3.8, 4) is 5.75 Å². The topological polar surface area (TPSA) is 131 Å². The van der Waals surface area contributed by atoms with Gasteiger partial charge in [-0.25, -0.2) is 0 Å². The largest absolute Gasteiger partial charge is 0.487 e. The number of piperidine rings is 1. The molecule has 0 saturated carbocycles. The summed E-state index contributed by atoms with van der Waals surface area (Å²) >= 11 is 0. The molecule has 2 N–H and O–H groups in total. The van der Waals surface area contributed by atoms with Crippen molar-refractivity contribution >= 4 is 34.5 Å². The summed E-state index contributed by atoms with van der Waals surface area (Å²) < 4.78 is 7.72. The Balaban J connectivity index is 1.37. The summed E-state index contributed by atoms with van der Waals surface area (Å²) in [5, 5.41) is 16.3. The van der Waals surface area contributed by atoms with Gasteiger partial charge in [0.15, 0.2) is 11.7 Å². The number of benzene rings is 2. The molecular weight excluding hydrogens is 440 g/mol. The van der Waals surface area contributed by atoms with Crippen molar-refractivity contribution in [1.29, 1.82) is 0 Å². The van der Waals surface area contributed by atoms with Gasteiger partial charge in [0, 0.05) is 31.9 Å². The molecule has 0 bridgehead atoms. The van der Waals surface area contributed by atoms with Gasteiger partial charge in [0.25, 0.3) is 0 Å². The summed E-state index contributed by atoms with van der Waals surface area (Å²) in [6, 6.07) is 15.1. The van der Waals surface area contributed by atoms with Crippen LogP contribution in [0.3, 0.4) is 0 Å². The Kier molecular flexibility index (Phi) is 6.58. The summed E-state index contributed by atoms with van der Waals surface area (Å²) in [7, 11) is 1.87. The molecule has 2 aromatic carbocycles. The van der Waals surface area contributed by atoms with E-state index in [-0.39, 0.29) is 19.5 Å². The number of aromatic nitrogens is 2. The van der Waals surface area contributed by atoms with E-state index in [9.17, 15) is 19.2 Å². The minimum Gasteiger partial charge on any atom is -0.487 e. The van der Waals surface area contributed by atoms with Crippen molar-refractivity contribution in [3.05, 3.63) is 59.8 Å². The number of Topliss-reactive ketones (excluding diaryl/α,β-unsaturated/α-hetero) is 1. The monoisotopic (exact) mass is 464 g/mol. The minimum atomic E-state index is -1.51. The van der Waals surface area contributed by atoms with E-state index in [0.29, 0.717) is 12.4 Å². The van der Waals surface area contributed by atoms with Crippen LogP contribution in [0.15, 0.2) is 48.5 Å². The van der Waals surface area contributed by atoms with Gasteiger partial charge in [0.2, 0.25) is 11.8 Å². The van der Waals surface area contributed by atoms with Crippen LogP contribution >= 0.6 is 0 Å². The quantitative estimate of drug-likeness (QED) is 0.480. The first-order chi connectivity index (χ1) is 16.3. The van der Waals surface area contributed by atoms with Crippen molar-refractivity contribution in [2.45, 2.75) is 19.6 Å². The predicted molar refractivity (Wildman–Crippen MR) is 121 cm³/mol. The summed E-state index contributed by atoms with van der Waals surface area (Å²) in [6.45, 7) is 0.121. The Hall–Kier alpha value is -4.21. The number of fused-ring (bicyclic) bond motifs is 1. The van der Waals surface area contributed by atoms with Gasteiger partial charge >= 0.3 is 5.97 Å². The molecule has 4 rings (SSSR count). The number of hydrogen-bond acceptors (Lipinski definition) is 6. The lowest BCUT2D eigenvalue weighted by atomic mass is 9.94. The first-order valence-corrected chi connectivity index (χ1v) is 10.8. The number of ether oxygens (including phenoxy) is 1. The maximum atomic E-state index is 12.7.